The fourth-order valence-electron chi connectivity index (χ4n) is 6.49. The van der Waals surface area contributed by atoms with E-state index < -0.39 is 35.8 Å². The van der Waals surface area contributed by atoms with E-state index in [2.05, 4.69) is 22.7 Å². The van der Waals surface area contributed by atoms with Crippen molar-refractivity contribution in [3.63, 3.8) is 0 Å². The number of carbonyl (C=O) groups excluding carboxylic acids is 4. The number of hydrogen-bond donors (Lipinski definition) is 3. The highest BCUT2D eigenvalue weighted by Crippen LogP contribution is 2.35. The molecule has 2 aliphatic rings. The second-order valence-electron chi connectivity index (χ2n) is 12.5. The van der Waals surface area contributed by atoms with Gasteiger partial charge >= 0.3 is 0 Å². The van der Waals surface area contributed by atoms with Gasteiger partial charge in [0.1, 0.15) is 23.7 Å². The van der Waals surface area contributed by atoms with E-state index in [0.717, 1.165) is 25.7 Å². The van der Waals surface area contributed by atoms with Gasteiger partial charge in [0, 0.05) is 38.0 Å². The van der Waals surface area contributed by atoms with Crippen molar-refractivity contribution < 1.29 is 28.7 Å². The minimum absolute atomic E-state index is 0.0366. The average Bonchev–Trinajstić information content (AvgIpc) is 3.52. The Kier molecular flexibility index (Phi) is 11.7. The number of nitrogens with zero attached hydrogens (tertiary/aromatic N) is 4. The number of rotatable bonds is 12. The Hall–Kier alpha value is -3.80. The number of carbonyl (C=O) groups is 4. The highest BCUT2D eigenvalue weighted by atomic mass is 19.1. The van der Waals surface area contributed by atoms with Crippen LogP contribution >= 0.6 is 0 Å². The van der Waals surface area contributed by atoms with Crippen molar-refractivity contribution in [2.45, 2.75) is 103 Å². The van der Waals surface area contributed by atoms with E-state index in [1.165, 1.54) is 17.0 Å². The number of likely N-dealkylation sites (tertiary alicyclic amines) is 1. The predicted octanol–water partition coefficient (Wildman–Crippen LogP) is 3.82. The third kappa shape index (κ3) is 8.08. The number of aryl methyl sites for hydroxylation is 1. The van der Waals surface area contributed by atoms with Crippen molar-refractivity contribution in [2.75, 3.05) is 23.3 Å². The Bertz CT molecular complexity index is 1330. The zero-order valence-corrected chi connectivity index (χ0v) is 26.7. The molecule has 246 valence electrons. The summed E-state index contributed by atoms with van der Waals surface area (Å²) in [7, 11) is 0. The molecule has 2 aromatic rings. The molecule has 2 heterocycles. The van der Waals surface area contributed by atoms with Gasteiger partial charge in [-0.25, -0.2) is 9.07 Å². The van der Waals surface area contributed by atoms with E-state index in [1.54, 1.807) is 41.8 Å². The number of amides is 4. The Morgan fingerprint density at radius 1 is 1.11 bits per heavy atom. The number of anilines is 2. The summed E-state index contributed by atoms with van der Waals surface area (Å²) in [5, 5.41) is 19.7. The second kappa shape index (κ2) is 15.5. The first-order valence-electron chi connectivity index (χ1n) is 16.2. The van der Waals surface area contributed by atoms with Crippen LogP contribution in [0.4, 0.5) is 15.9 Å². The fraction of sp³-hybridized carbons (Fsp3) is 0.606. The van der Waals surface area contributed by atoms with Crippen LogP contribution in [-0.4, -0.2) is 75.2 Å². The third-order valence-corrected chi connectivity index (χ3v) is 9.40. The van der Waals surface area contributed by atoms with Gasteiger partial charge in [0.2, 0.25) is 24.1 Å². The molecule has 0 bridgehead atoms. The molecule has 0 spiro atoms. The molecule has 2 fully saturated rings. The lowest BCUT2D eigenvalue weighted by atomic mass is 9.78. The number of piperidine rings is 1. The summed E-state index contributed by atoms with van der Waals surface area (Å²) < 4.78 is 17.3. The minimum atomic E-state index is -0.921. The molecule has 3 N–H and O–H groups in total. The number of benzene rings is 1. The van der Waals surface area contributed by atoms with Gasteiger partial charge in [-0.1, -0.05) is 39.7 Å². The van der Waals surface area contributed by atoms with Crippen LogP contribution in [-0.2, 0) is 25.7 Å². The van der Waals surface area contributed by atoms with E-state index in [1.807, 2.05) is 6.92 Å². The molecule has 1 aromatic heterocycles. The Morgan fingerprint density at radius 3 is 2.40 bits per heavy atom. The molecular weight excluding hydrogens is 579 g/mol. The average molecular weight is 627 g/mol. The SMILES string of the molecule is CCC(=O)N[C@@H](C(=O)N1CCC(O)CC1)[C@@H](C)c1ccc(NC(=O)[C@H](C2CCC(C)CC2)N(C=O)c2ccnn2CC)c(F)c1. The van der Waals surface area contributed by atoms with Gasteiger partial charge in [-0.2, -0.15) is 5.10 Å². The molecule has 1 saturated heterocycles. The maximum atomic E-state index is 15.7. The molecule has 4 rings (SSSR count). The van der Waals surface area contributed by atoms with Crippen LogP contribution in [0.3, 0.4) is 0 Å². The van der Waals surface area contributed by atoms with Crippen LogP contribution in [0, 0.1) is 17.7 Å². The first-order chi connectivity index (χ1) is 21.6. The van der Waals surface area contributed by atoms with Gasteiger partial charge in [-0.05, 0) is 62.1 Å². The Morgan fingerprint density at radius 2 is 1.80 bits per heavy atom. The van der Waals surface area contributed by atoms with Crippen LogP contribution in [0.1, 0.15) is 84.1 Å². The summed E-state index contributed by atoms with van der Waals surface area (Å²) in [6.07, 6.45) is 6.27. The largest absolute Gasteiger partial charge is 0.393 e. The summed E-state index contributed by atoms with van der Waals surface area (Å²) in [6.45, 7) is 8.79. The van der Waals surface area contributed by atoms with E-state index in [4.69, 9.17) is 0 Å². The number of aliphatic hydroxyl groups is 1. The summed E-state index contributed by atoms with van der Waals surface area (Å²) in [5.41, 5.74) is 0.446. The van der Waals surface area contributed by atoms with Crippen molar-refractivity contribution in [2.24, 2.45) is 11.8 Å². The topological polar surface area (TPSA) is 137 Å². The highest BCUT2D eigenvalue weighted by Gasteiger charge is 2.38. The lowest BCUT2D eigenvalue weighted by molar-refractivity contribution is -0.138. The zero-order chi connectivity index (χ0) is 32.7. The summed E-state index contributed by atoms with van der Waals surface area (Å²) in [6, 6.07) is 4.30. The van der Waals surface area contributed by atoms with Crippen molar-refractivity contribution in [1.29, 1.82) is 0 Å². The molecule has 1 aliphatic heterocycles. The molecule has 4 amide bonds. The van der Waals surface area contributed by atoms with Crippen molar-refractivity contribution in [1.82, 2.24) is 20.0 Å². The van der Waals surface area contributed by atoms with Crippen LogP contribution in [0.5, 0.6) is 0 Å². The fourth-order valence-corrected chi connectivity index (χ4v) is 6.49. The maximum absolute atomic E-state index is 15.7. The second-order valence-corrected chi connectivity index (χ2v) is 12.5. The summed E-state index contributed by atoms with van der Waals surface area (Å²) in [4.78, 5) is 55.3. The van der Waals surface area contributed by atoms with Crippen LogP contribution < -0.4 is 15.5 Å². The highest BCUT2D eigenvalue weighted by molar-refractivity contribution is 6.00. The standard InChI is InChI=1S/C33H47FN6O5/c1-5-28(43)37-30(33(45)38-17-14-25(42)15-18-38)22(4)24-11-12-27(26(34)19-24)36-32(44)31(23-9-7-21(3)8-10-23)39(20-41)29-13-16-35-40(29)6-2/h11-13,16,19-23,25,30-31,42H,5-10,14-15,17-18H2,1-4H3,(H,36,44)(H,37,43)/t21?,22-,23?,30+,31-/m0/s1. The zero-order valence-electron chi connectivity index (χ0n) is 26.7. The number of aromatic nitrogens is 2. The molecule has 0 radical (unpaired) electrons. The lowest BCUT2D eigenvalue weighted by Crippen LogP contribution is -2.53. The third-order valence-electron chi connectivity index (χ3n) is 9.40. The lowest BCUT2D eigenvalue weighted by Gasteiger charge is -2.37. The van der Waals surface area contributed by atoms with Gasteiger partial charge in [0.25, 0.3) is 0 Å². The smallest absolute Gasteiger partial charge is 0.247 e. The van der Waals surface area contributed by atoms with Crippen LogP contribution in [0.2, 0.25) is 0 Å². The molecular formula is C33H47FN6O5. The molecule has 12 heteroatoms. The molecule has 45 heavy (non-hydrogen) atoms. The Labute approximate surface area is 264 Å². The quantitative estimate of drug-likeness (QED) is 0.307. The van der Waals surface area contributed by atoms with E-state index >= 15 is 4.39 Å². The van der Waals surface area contributed by atoms with E-state index in [9.17, 15) is 24.3 Å². The number of hydrogen-bond acceptors (Lipinski definition) is 6. The molecule has 11 nitrogen and oxygen atoms in total. The van der Waals surface area contributed by atoms with Crippen molar-refractivity contribution >= 4 is 35.6 Å². The first kappa shape index (κ1) is 34.1. The van der Waals surface area contributed by atoms with Gasteiger partial charge < -0.3 is 20.6 Å². The number of nitrogens with one attached hydrogen (secondary N) is 2. The number of halogens is 1. The molecule has 1 aliphatic carbocycles. The monoisotopic (exact) mass is 626 g/mol. The Balaban J connectivity index is 1.57. The van der Waals surface area contributed by atoms with Crippen LogP contribution in [0.25, 0.3) is 0 Å². The van der Waals surface area contributed by atoms with Gasteiger partial charge in [-0.15, -0.1) is 0 Å². The number of aliphatic hydroxyl groups excluding tert-OH is 1. The van der Waals surface area contributed by atoms with Gasteiger partial charge in [0.05, 0.1) is 18.0 Å². The maximum Gasteiger partial charge on any atom is 0.247 e. The van der Waals surface area contributed by atoms with Crippen molar-refractivity contribution in [3.05, 3.63) is 41.8 Å². The molecule has 1 aromatic carbocycles. The van der Waals surface area contributed by atoms with Crippen LogP contribution in [0.15, 0.2) is 30.5 Å². The first-order valence-corrected chi connectivity index (χ1v) is 16.2. The van der Waals surface area contributed by atoms with E-state index in [0.29, 0.717) is 56.2 Å². The summed E-state index contributed by atoms with van der Waals surface area (Å²) in [5.74, 6) is -1.40. The van der Waals surface area contributed by atoms with Gasteiger partial charge in [0.15, 0.2) is 0 Å². The minimum Gasteiger partial charge on any atom is -0.393 e. The van der Waals surface area contributed by atoms with Gasteiger partial charge in [-0.3, -0.25) is 24.1 Å². The summed E-state index contributed by atoms with van der Waals surface area (Å²) >= 11 is 0. The molecule has 3 atom stereocenters. The van der Waals surface area contributed by atoms with Crippen molar-refractivity contribution in [3.8, 4) is 0 Å². The predicted molar refractivity (Wildman–Crippen MR) is 169 cm³/mol. The molecule has 1 saturated carbocycles. The normalized spacial score (nSPS) is 21.0. The van der Waals surface area contributed by atoms with E-state index in [-0.39, 0.29) is 29.8 Å². The molecule has 0 unspecified atom stereocenters.